The number of pyridine rings is 1. The molecular weight excluding hydrogens is 466 g/mol. The highest BCUT2D eigenvalue weighted by Gasteiger charge is 2.36. The Morgan fingerprint density at radius 3 is 2.69 bits per heavy atom. The van der Waals surface area contributed by atoms with E-state index in [4.69, 9.17) is 19.2 Å². The molecule has 0 N–H and O–H groups in total. The summed E-state index contributed by atoms with van der Waals surface area (Å²) in [5.74, 6) is 0.601. The minimum atomic E-state index is -0.784. The molecule has 0 amide bonds. The van der Waals surface area contributed by atoms with Crippen LogP contribution in [-0.2, 0) is 9.53 Å². The highest BCUT2D eigenvalue weighted by atomic mass is 32.1. The van der Waals surface area contributed by atoms with Crippen molar-refractivity contribution in [3.8, 4) is 11.5 Å². The lowest BCUT2D eigenvalue weighted by molar-refractivity contribution is -0.139. The fraction of sp³-hybridized carbons (Fsp3) is 0.308. The van der Waals surface area contributed by atoms with Crippen LogP contribution in [0.2, 0.25) is 0 Å². The van der Waals surface area contributed by atoms with Crippen molar-refractivity contribution in [1.82, 2.24) is 9.55 Å². The number of methoxy groups -OCH3 is 2. The Morgan fingerprint density at radius 1 is 1.20 bits per heavy atom. The topological polar surface area (TPSA) is 92.0 Å². The molecule has 0 bridgehead atoms. The van der Waals surface area contributed by atoms with Gasteiger partial charge in [-0.15, -0.1) is 0 Å². The molecule has 0 saturated carbocycles. The molecule has 0 fully saturated rings. The molecule has 9 heteroatoms. The van der Waals surface area contributed by atoms with Gasteiger partial charge in [0.25, 0.3) is 5.56 Å². The molecule has 0 aliphatic carbocycles. The SMILES string of the molecule is CCCC1=C(C(=O)OCC)[C@H](c2cc(OC)ccc2OC)n2c(sc(=Cc3cccnc3)c2=O)=N1. The van der Waals surface area contributed by atoms with Crippen molar-refractivity contribution in [2.75, 3.05) is 20.8 Å². The van der Waals surface area contributed by atoms with Crippen LogP contribution < -0.4 is 24.4 Å². The Bertz CT molecular complexity index is 1440. The van der Waals surface area contributed by atoms with Crippen molar-refractivity contribution in [3.63, 3.8) is 0 Å². The maximum Gasteiger partial charge on any atom is 0.338 e. The van der Waals surface area contributed by atoms with E-state index in [-0.39, 0.29) is 12.2 Å². The predicted octanol–water partition coefficient (Wildman–Crippen LogP) is 2.99. The van der Waals surface area contributed by atoms with E-state index in [0.29, 0.717) is 44.1 Å². The van der Waals surface area contributed by atoms with Crippen LogP contribution in [0.3, 0.4) is 0 Å². The van der Waals surface area contributed by atoms with Gasteiger partial charge in [0.2, 0.25) is 0 Å². The van der Waals surface area contributed by atoms with Crippen LogP contribution in [-0.4, -0.2) is 36.3 Å². The standard InChI is InChI=1S/C26H27N3O5S/c1-5-8-19-22(25(31)34-6-2)23(18-14-17(32-3)10-11-20(18)33-4)29-24(30)21(35-26(29)28-19)13-16-9-7-12-27-15-16/h7,9-15,23H,5-6,8H2,1-4H3/t23-/m0/s1. The number of rotatable bonds is 8. The number of fused-ring (bicyclic) bond motifs is 1. The smallest absolute Gasteiger partial charge is 0.338 e. The van der Waals surface area contributed by atoms with Gasteiger partial charge in [0.1, 0.15) is 17.5 Å². The third kappa shape index (κ3) is 4.77. The van der Waals surface area contributed by atoms with E-state index in [1.165, 1.54) is 11.3 Å². The van der Waals surface area contributed by atoms with E-state index in [1.807, 2.05) is 19.1 Å². The molecule has 3 heterocycles. The maximum atomic E-state index is 13.8. The van der Waals surface area contributed by atoms with E-state index in [9.17, 15) is 9.59 Å². The number of esters is 1. The van der Waals surface area contributed by atoms with Gasteiger partial charge in [0, 0.05) is 18.0 Å². The van der Waals surface area contributed by atoms with E-state index in [2.05, 4.69) is 4.98 Å². The number of carbonyl (C=O) groups excluding carboxylic acids is 1. The van der Waals surface area contributed by atoms with Gasteiger partial charge in [0.15, 0.2) is 4.80 Å². The van der Waals surface area contributed by atoms with Gasteiger partial charge in [-0.05, 0) is 49.2 Å². The van der Waals surface area contributed by atoms with Gasteiger partial charge in [-0.25, -0.2) is 9.79 Å². The summed E-state index contributed by atoms with van der Waals surface area (Å²) in [6, 6.07) is 8.23. The number of carbonyl (C=O) groups is 1. The Balaban J connectivity index is 2.06. The average Bonchev–Trinajstić information content (AvgIpc) is 3.18. The normalized spacial score (nSPS) is 15.4. The first-order chi connectivity index (χ1) is 17.0. The Kier molecular flexibility index (Phi) is 7.45. The van der Waals surface area contributed by atoms with Gasteiger partial charge in [-0.3, -0.25) is 14.3 Å². The summed E-state index contributed by atoms with van der Waals surface area (Å²) >= 11 is 1.28. The molecule has 0 spiro atoms. The first-order valence-electron chi connectivity index (χ1n) is 11.4. The van der Waals surface area contributed by atoms with E-state index < -0.39 is 12.0 Å². The number of nitrogens with zero attached hydrogens (tertiary/aromatic N) is 3. The minimum absolute atomic E-state index is 0.204. The second-order valence-corrected chi connectivity index (χ2v) is 8.82. The monoisotopic (exact) mass is 493 g/mol. The Morgan fingerprint density at radius 2 is 2.03 bits per heavy atom. The highest BCUT2D eigenvalue weighted by molar-refractivity contribution is 7.07. The molecule has 4 rings (SSSR count). The summed E-state index contributed by atoms with van der Waals surface area (Å²) in [7, 11) is 3.12. The van der Waals surface area contributed by atoms with Crippen LogP contribution in [0, 0.1) is 0 Å². The molecule has 0 radical (unpaired) electrons. The second kappa shape index (κ2) is 10.7. The molecule has 0 unspecified atom stereocenters. The zero-order valence-corrected chi connectivity index (χ0v) is 20.9. The molecule has 35 heavy (non-hydrogen) atoms. The molecule has 3 aromatic rings. The summed E-state index contributed by atoms with van der Waals surface area (Å²) in [6.07, 6.45) is 6.48. The van der Waals surface area contributed by atoms with Gasteiger partial charge in [-0.2, -0.15) is 0 Å². The lowest BCUT2D eigenvalue weighted by Crippen LogP contribution is -2.40. The Labute approximate surface area is 206 Å². The summed E-state index contributed by atoms with van der Waals surface area (Å²) in [4.78, 5) is 36.5. The van der Waals surface area contributed by atoms with Crippen molar-refractivity contribution in [2.45, 2.75) is 32.7 Å². The summed E-state index contributed by atoms with van der Waals surface area (Å²) in [5.41, 5.74) is 2.10. The molecule has 8 nitrogen and oxygen atoms in total. The fourth-order valence-corrected chi connectivity index (χ4v) is 5.10. The van der Waals surface area contributed by atoms with E-state index in [1.54, 1.807) is 62.4 Å². The van der Waals surface area contributed by atoms with Crippen LogP contribution in [0.1, 0.15) is 43.9 Å². The molecule has 1 aromatic carbocycles. The number of benzene rings is 1. The van der Waals surface area contributed by atoms with Crippen molar-refractivity contribution >= 4 is 23.4 Å². The van der Waals surface area contributed by atoms with Crippen LogP contribution in [0.4, 0.5) is 0 Å². The quantitative estimate of drug-likeness (QED) is 0.448. The van der Waals surface area contributed by atoms with Gasteiger partial charge >= 0.3 is 5.97 Å². The summed E-state index contributed by atoms with van der Waals surface area (Å²) < 4.78 is 18.6. The number of hydrogen-bond donors (Lipinski definition) is 0. The van der Waals surface area contributed by atoms with Gasteiger partial charge < -0.3 is 14.2 Å². The van der Waals surface area contributed by atoms with Crippen molar-refractivity contribution in [1.29, 1.82) is 0 Å². The van der Waals surface area contributed by atoms with Crippen LogP contribution >= 0.6 is 11.3 Å². The molecular formula is C26H27N3O5S. The number of aromatic nitrogens is 2. The van der Waals surface area contributed by atoms with Crippen LogP contribution in [0.5, 0.6) is 11.5 Å². The first-order valence-corrected chi connectivity index (χ1v) is 12.2. The van der Waals surface area contributed by atoms with Crippen molar-refractivity contribution in [3.05, 3.63) is 84.8 Å². The van der Waals surface area contributed by atoms with Crippen molar-refractivity contribution < 1.29 is 19.0 Å². The molecule has 1 aliphatic rings. The number of thiazole rings is 1. The third-order valence-electron chi connectivity index (χ3n) is 5.61. The summed E-state index contributed by atoms with van der Waals surface area (Å²) in [6.45, 7) is 3.97. The van der Waals surface area contributed by atoms with Crippen LogP contribution in [0.15, 0.2) is 63.8 Å². The van der Waals surface area contributed by atoms with Gasteiger partial charge in [-0.1, -0.05) is 30.7 Å². The third-order valence-corrected chi connectivity index (χ3v) is 6.59. The predicted molar refractivity (Wildman–Crippen MR) is 133 cm³/mol. The number of allylic oxidation sites excluding steroid dienone is 1. The zero-order valence-electron chi connectivity index (χ0n) is 20.1. The molecule has 182 valence electrons. The zero-order chi connectivity index (χ0) is 24.9. The Hall–Kier alpha value is -3.72. The maximum absolute atomic E-state index is 13.8. The molecule has 1 atom stereocenters. The molecule has 0 saturated heterocycles. The minimum Gasteiger partial charge on any atom is -0.497 e. The number of ether oxygens (including phenoxy) is 3. The summed E-state index contributed by atoms with van der Waals surface area (Å²) in [5, 5.41) is 0. The van der Waals surface area contributed by atoms with E-state index >= 15 is 0 Å². The second-order valence-electron chi connectivity index (χ2n) is 7.81. The highest BCUT2D eigenvalue weighted by Crippen LogP contribution is 2.38. The lowest BCUT2D eigenvalue weighted by Gasteiger charge is -2.27. The largest absolute Gasteiger partial charge is 0.497 e. The molecule has 1 aliphatic heterocycles. The number of hydrogen-bond acceptors (Lipinski definition) is 8. The van der Waals surface area contributed by atoms with E-state index in [0.717, 1.165) is 12.0 Å². The molecule has 2 aromatic heterocycles. The first kappa shape index (κ1) is 24.4. The van der Waals surface area contributed by atoms with Crippen LogP contribution in [0.25, 0.3) is 6.08 Å². The average molecular weight is 494 g/mol. The fourth-order valence-electron chi connectivity index (χ4n) is 4.08. The lowest BCUT2D eigenvalue weighted by atomic mass is 9.93. The van der Waals surface area contributed by atoms with Crippen molar-refractivity contribution in [2.24, 2.45) is 4.99 Å². The van der Waals surface area contributed by atoms with Gasteiger partial charge in [0.05, 0.1) is 36.6 Å².